The molecule has 2 heterocycles. The number of carboxylic acid groups (broad SMARTS) is 1. The van der Waals surface area contributed by atoms with Crippen LogP contribution in [0, 0.1) is 0 Å². The van der Waals surface area contributed by atoms with Crippen LogP contribution in [0.1, 0.15) is 15.2 Å². The van der Waals surface area contributed by atoms with Crippen LogP contribution in [0.15, 0.2) is 48.0 Å². The molecular formula is C14H11NO2S. The molecule has 0 aliphatic carbocycles. The number of thiophene rings is 1. The topological polar surface area (TPSA) is 42.2 Å². The molecule has 0 aliphatic heterocycles. The zero-order valence-electron chi connectivity index (χ0n) is 9.54. The average Bonchev–Trinajstić information content (AvgIpc) is 2.99. The van der Waals surface area contributed by atoms with Crippen LogP contribution in [0.5, 0.6) is 0 Å². The third-order valence-electron chi connectivity index (χ3n) is 2.92. The first kappa shape index (κ1) is 11.0. The number of rotatable bonds is 3. The van der Waals surface area contributed by atoms with Crippen molar-refractivity contribution in [1.29, 1.82) is 0 Å². The van der Waals surface area contributed by atoms with Crippen molar-refractivity contribution in [2.45, 2.75) is 6.54 Å². The van der Waals surface area contributed by atoms with E-state index in [-0.39, 0.29) is 0 Å². The van der Waals surface area contributed by atoms with E-state index in [1.165, 1.54) is 4.88 Å². The SMILES string of the molecule is O=C(O)c1ccc2c(ccn2Cc2cccs2)c1. The van der Waals surface area contributed by atoms with Gasteiger partial charge in [-0.15, -0.1) is 11.3 Å². The van der Waals surface area contributed by atoms with E-state index in [2.05, 4.69) is 16.0 Å². The number of aromatic carboxylic acids is 1. The molecule has 1 aromatic carbocycles. The summed E-state index contributed by atoms with van der Waals surface area (Å²) in [6.07, 6.45) is 2.00. The van der Waals surface area contributed by atoms with Gasteiger partial charge in [-0.3, -0.25) is 0 Å². The molecule has 0 amide bonds. The van der Waals surface area contributed by atoms with Gasteiger partial charge in [0.15, 0.2) is 0 Å². The summed E-state index contributed by atoms with van der Waals surface area (Å²) in [5.41, 5.74) is 1.39. The number of fused-ring (bicyclic) bond motifs is 1. The zero-order valence-corrected chi connectivity index (χ0v) is 10.4. The van der Waals surface area contributed by atoms with E-state index in [4.69, 9.17) is 5.11 Å². The van der Waals surface area contributed by atoms with Crippen LogP contribution < -0.4 is 0 Å². The van der Waals surface area contributed by atoms with Crippen LogP contribution in [0.4, 0.5) is 0 Å². The maximum absolute atomic E-state index is 10.9. The van der Waals surface area contributed by atoms with Gasteiger partial charge in [-0.2, -0.15) is 0 Å². The second-order valence-corrected chi connectivity index (χ2v) is 5.13. The molecular weight excluding hydrogens is 246 g/mol. The molecule has 4 heteroatoms. The fraction of sp³-hybridized carbons (Fsp3) is 0.0714. The molecule has 3 nitrogen and oxygen atoms in total. The summed E-state index contributed by atoms with van der Waals surface area (Å²) < 4.78 is 2.13. The van der Waals surface area contributed by atoms with Crippen LogP contribution in [-0.2, 0) is 6.54 Å². The Morgan fingerprint density at radius 2 is 2.17 bits per heavy atom. The van der Waals surface area contributed by atoms with Gasteiger partial charge >= 0.3 is 5.97 Å². The van der Waals surface area contributed by atoms with Gasteiger partial charge in [0.25, 0.3) is 0 Å². The van der Waals surface area contributed by atoms with Gasteiger partial charge in [0.2, 0.25) is 0 Å². The highest BCUT2D eigenvalue weighted by atomic mass is 32.1. The van der Waals surface area contributed by atoms with E-state index in [1.54, 1.807) is 23.5 Å². The predicted molar refractivity (Wildman–Crippen MR) is 72.3 cm³/mol. The Morgan fingerprint density at radius 3 is 2.89 bits per heavy atom. The summed E-state index contributed by atoms with van der Waals surface area (Å²) in [5.74, 6) is -0.886. The number of nitrogens with zero attached hydrogens (tertiary/aromatic N) is 1. The Labute approximate surface area is 108 Å². The summed E-state index contributed by atoms with van der Waals surface area (Å²) >= 11 is 1.72. The largest absolute Gasteiger partial charge is 0.478 e. The molecule has 0 aliphatic rings. The number of hydrogen-bond donors (Lipinski definition) is 1. The van der Waals surface area contributed by atoms with Crippen LogP contribution in [0.3, 0.4) is 0 Å². The Kier molecular flexibility index (Phi) is 2.64. The third-order valence-corrected chi connectivity index (χ3v) is 3.79. The molecule has 0 radical (unpaired) electrons. The average molecular weight is 257 g/mol. The maximum Gasteiger partial charge on any atom is 0.335 e. The van der Waals surface area contributed by atoms with Crippen molar-refractivity contribution in [1.82, 2.24) is 4.57 Å². The highest BCUT2D eigenvalue weighted by Crippen LogP contribution is 2.20. The highest BCUT2D eigenvalue weighted by molar-refractivity contribution is 7.09. The molecule has 0 bridgehead atoms. The van der Waals surface area contributed by atoms with Crippen LogP contribution >= 0.6 is 11.3 Å². The quantitative estimate of drug-likeness (QED) is 0.780. The second kappa shape index (κ2) is 4.31. The molecule has 3 aromatic rings. The minimum absolute atomic E-state index is 0.330. The number of benzene rings is 1. The Balaban J connectivity index is 2.02. The van der Waals surface area contributed by atoms with Crippen LogP contribution in [0.25, 0.3) is 10.9 Å². The van der Waals surface area contributed by atoms with Gasteiger partial charge < -0.3 is 9.67 Å². The number of aromatic nitrogens is 1. The zero-order chi connectivity index (χ0) is 12.5. The van der Waals surface area contributed by atoms with E-state index < -0.39 is 5.97 Å². The monoisotopic (exact) mass is 257 g/mol. The normalized spacial score (nSPS) is 10.9. The van der Waals surface area contributed by atoms with E-state index in [1.807, 2.05) is 24.4 Å². The first-order valence-electron chi connectivity index (χ1n) is 5.58. The lowest BCUT2D eigenvalue weighted by Crippen LogP contribution is -1.97. The van der Waals surface area contributed by atoms with Crippen molar-refractivity contribution in [2.24, 2.45) is 0 Å². The van der Waals surface area contributed by atoms with E-state index in [0.717, 1.165) is 17.4 Å². The number of carboxylic acids is 1. The number of carbonyl (C=O) groups is 1. The lowest BCUT2D eigenvalue weighted by molar-refractivity contribution is 0.0697. The van der Waals surface area contributed by atoms with E-state index in [9.17, 15) is 4.79 Å². The number of hydrogen-bond acceptors (Lipinski definition) is 2. The molecule has 3 rings (SSSR count). The van der Waals surface area contributed by atoms with Crippen molar-refractivity contribution in [3.05, 3.63) is 58.4 Å². The van der Waals surface area contributed by atoms with Crippen LogP contribution in [0.2, 0.25) is 0 Å². The van der Waals surface area contributed by atoms with Gasteiger partial charge in [0.05, 0.1) is 12.1 Å². The summed E-state index contributed by atoms with van der Waals surface area (Å²) in [4.78, 5) is 12.2. The second-order valence-electron chi connectivity index (χ2n) is 4.10. The molecule has 2 aromatic heterocycles. The summed E-state index contributed by atoms with van der Waals surface area (Å²) in [7, 11) is 0. The van der Waals surface area contributed by atoms with Crippen LogP contribution in [-0.4, -0.2) is 15.6 Å². The van der Waals surface area contributed by atoms with Crippen molar-refractivity contribution in [3.8, 4) is 0 Å². The van der Waals surface area contributed by atoms with Gasteiger partial charge in [0, 0.05) is 22.0 Å². The molecule has 0 spiro atoms. The Hall–Kier alpha value is -2.07. The van der Waals surface area contributed by atoms with Gasteiger partial charge in [-0.1, -0.05) is 6.07 Å². The van der Waals surface area contributed by atoms with Gasteiger partial charge in [0.1, 0.15) is 0 Å². The van der Waals surface area contributed by atoms with E-state index in [0.29, 0.717) is 5.56 Å². The molecule has 90 valence electrons. The molecule has 18 heavy (non-hydrogen) atoms. The molecule has 0 atom stereocenters. The fourth-order valence-corrected chi connectivity index (χ4v) is 2.74. The lowest BCUT2D eigenvalue weighted by atomic mass is 10.1. The molecule has 1 N–H and O–H groups in total. The van der Waals surface area contributed by atoms with Crippen molar-refractivity contribution >= 4 is 28.2 Å². The smallest absolute Gasteiger partial charge is 0.335 e. The molecule has 0 saturated heterocycles. The van der Waals surface area contributed by atoms with Crippen molar-refractivity contribution < 1.29 is 9.90 Å². The summed E-state index contributed by atoms with van der Waals surface area (Å²) in [6, 6.07) is 11.3. The van der Waals surface area contributed by atoms with Crippen molar-refractivity contribution in [3.63, 3.8) is 0 Å². The maximum atomic E-state index is 10.9. The minimum atomic E-state index is -0.886. The molecule has 0 unspecified atom stereocenters. The summed E-state index contributed by atoms with van der Waals surface area (Å²) in [5, 5.41) is 12.0. The standard InChI is InChI=1S/C14H11NO2S/c16-14(17)11-3-4-13-10(8-11)5-6-15(13)9-12-2-1-7-18-12/h1-8H,9H2,(H,16,17). The van der Waals surface area contributed by atoms with Gasteiger partial charge in [-0.25, -0.2) is 4.79 Å². The fourth-order valence-electron chi connectivity index (χ4n) is 2.04. The first-order chi connectivity index (χ1) is 8.74. The molecule has 0 saturated carbocycles. The predicted octanol–water partition coefficient (Wildman–Crippen LogP) is 3.45. The van der Waals surface area contributed by atoms with E-state index >= 15 is 0 Å². The first-order valence-corrected chi connectivity index (χ1v) is 6.46. The minimum Gasteiger partial charge on any atom is -0.478 e. The third kappa shape index (κ3) is 1.91. The van der Waals surface area contributed by atoms with Gasteiger partial charge in [-0.05, 0) is 35.7 Å². The summed E-state index contributed by atoms with van der Waals surface area (Å²) in [6.45, 7) is 0.827. The van der Waals surface area contributed by atoms with Crippen molar-refractivity contribution in [2.75, 3.05) is 0 Å². The lowest BCUT2D eigenvalue weighted by Gasteiger charge is -2.03. The highest BCUT2D eigenvalue weighted by Gasteiger charge is 2.07. The Bertz CT molecular complexity index is 698. The Morgan fingerprint density at radius 1 is 1.28 bits per heavy atom. The molecule has 0 fully saturated rings.